The molecule has 2 saturated heterocycles. The maximum absolute atomic E-state index is 11.5. The third-order valence-corrected chi connectivity index (χ3v) is 4.73. The van der Waals surface area contributed by atoms with Crippen LogP contribution in [0.15, 0.2) is 0 Å². The quantitative estimate of drug-likeness (QED) is 0.707. The molecule has 5 heteroatoms. The van der Waals surface area contributed by atoms with Crippen LogP contribution in [0.1, 0.15) is 46.0 Å². The summed E-state index contributed by atoms with van der Waals surface area (Å²) in [5.41, 5.74) is -0.750. The molecule has 5 nitrogen and oxygen atoms in total. The second kappa shape index (κ2) is 6.87. The molecule has 0 radical (unpaired) electrons. The van der Waals surface area contributed by atoms with E-state index in [9.17, 15) is 9.90 Å². The van der Waals surface area contributed by atoms with Gasteiger partial charge in [0.25, 0.3) is 0 Å². The molecule has 2 heterocycles. The lowest BCUT2D eigenvalue weighted by Crippen LogP contribution is -2.52. The average molecular weight is 284 g/mol. The van der Waals surface area contributed by atoms with Gasteiger partial charge in [-0.15, -0.1) is 0 Å². The number of hydrogen-bond donors (Lipinski definition) is 2. The van der Waals surface area contributed by atoms with Crippen LogP contribution >= 0.6 is 0 Å². The minimum Gasteiger partial charge on any atom is -0.480 e. The normalized spacial score (nSPS) is 29.3. The van der Waals surface area contributed by atoms with Crippen LogP contribution in [0, 0.1) is 0 Å². The molecular weight excluding hydrogens is 256 g/mol. The molecule has 0 saturated carbocycles. The molecule has 0 aromatic heterocycles. The van der Waals surface area contributed by atoms with Gasteiger partial charge in [-0.2, -0.15) is 0 Å². The second-order valence-electron chi connectivity index (χ2n) is 6.09. The smallest absolute Gasteiger partial charge is 0.323 e. The van der Waals surface area contributed by atoms with Gasteiger partial charge in [0.15, 0.2) is 0 Å². The lowest BCUT2D eigenvalue weighted by Gasteiger charge is -2.34. The molecule has 116 valence electrons. The molecule has 0 amide bonds. The van der Waals surface area contributed by atoms with Crippen LogP contribution in [0.3, 0.4) is 0 Å². The van der Waals surface area contributed by atoms with Crippen molar-refractivity contribution < 1.29 is 14.6 Å². The van der Waals surface area contributed by atoms with Crippen molar-refractivity contribution in [3.63, 3.8) is 0 Å². The molecule has 2 aliphatic heterocycles. The van der Waals surface area contributed by atoms with Crippen molar-refractivity contribution in [3.8, 4) is 0 Å². The number of likely N-dealkylation sites (tertiary alicyclic amines) is 1. The minimum absolute atomic E-state index is 0.415. The average Bonchev–Trinajstić information content (AvgIpc) is 2.76. The molecule has 0 spiro atoms. The monoisotopic (exact) mass is 284 g/mol. The summed E-state index contributed by atoms with van der Waals surface area (Å²) in [6.07, 6.45) is 5.45. The summed E-state index contributed by atoms with van der Waals surface area (Å²) in [7, 11) is 0. The van der Waals surface area contributed by atoms with E-state index in [4.69, 9.17) is 4.74 Å². The number of carbonyl (C=O) groups is 1. The second-order valence-corrected chi connectivity index (χ2v) is 6.09. The molecule has 2 bridgehead atoms. The van der Waals surface area contributed by atoms with E-state index in [2.05, 4.69) is 10.2 Å². The van der Waals surface area contributed by atoms with Crippen LogP contribution in [0.4, 0.5) is 0 Å². The zero-order valence-electron chi connectivity index (χ0n) is 12.7. The van der Waals surface area contributed by atoms with Crippen LogP contribution in [0.25, 0.3) is 0 Å². The summed E-state index contributed by atoms with van der Waals surface area (Å²) in [5, 5.41) is 12.7. The van der Waals surface area contributed by atoms with Crippen molar-refractivity contribution in [1.82, 2.24) is 10.2 Å². The van der Waals surface area contributed by atoms with E-state index in [-0.39, 0.29) is 0 Å². The molecule has 2 fully saturated rings. The van der Waals surface area contributed by atoms with Gasteiger partial charge in [-0.25, -0.2) is 0 Å². The van der Waals surface area contributed by atoms with Gasteiger partial charge in [0.05, 0.1) is 12.2 Å². The van der Waals surface area contributed by atoms with Gasteiger partial charge in [-0.1, -0.05) is 13.8 Å². The Hall–Kier alpha value is -0.650. The SMILES string of the molecule is CCNC(CC)(CCCN1CC2CCC(C1)O2)C(=O)O. The van der Waals surface area contributed by atoms with E-state index in [1.165, 1.54) is 12.8 Å². The van der Waals surface area contributed by atoms with Gasteiger partial charge in [-0.3, -0.25) is 9.69 Å². The number of morpholine rings is 1. The van der Waals surface area contributed by atoms with E-state index < -0.39 is 11.5 Å². The molecule has 20 heavy (non-hydrogen) atoms. The molecule has 2 N–H and O–H groups in total. The van der Waals surface area contributed by atoms with Crippen molar-refractivity contribution in [2.24, 2.45) is 0 Å². The fourth-order valence-electron chi connectivity index (χ4n) is 3.55. The fourth-order valence-corrected chi connectivity index (χ4v) is 3.55. The maximum atomic E-state index is 11.5. The Morgan fingerprint density at radius 1 is 1.35 bits per heavy atom. The Bertz CT molecular complexity index is 325. The van der Waals surface area contributed by atoms with E-state index in [0.717, 1.165) is 26.1 Å². The summed E-state index contributed by atoms with van der Waals surface area (Å²) in [5.74, 6) is -0.719. The molecular formula is C15H28N2O3. The third-order valence-electron chi connectivity index (χ3n) is 4.73. The number of carboxylic acid groups (broad SMARTS) is 1. The van der Waals surface area contributed by atoms with Crippen LogP contribution < -0.4 is 5.32 Å². The first-order chi connectivity index (χ1) is 9.59. The largest absolute Gasteiger partial charge is 0.480 e. The zero-order valence-corrected chi connectivity index (χ0v) is 12.7. The van der Waals surface area contributed by atoms with E-state index in [1.807, 2.05) is 13.8 Å². The highest BCUT2D eigenvalue weighted by molar-refractivity contribution is 5.78. The minimum atomic E-state index is -0.750. The Labute approximate surface area is 121 Å². The van der Waals surface area contributed by atoms with Gasteiger partial charge in [0.1, 0.15) is 5.54 Å². The van der Waals surface area contributed by atoms with Crippen LogP contribution in [-0.4, -0.2) is 59.9 Å². The summed E-state index contributed by atoms with van der Waals surface area (Å²) in [6, 6.07) is 0. The Kier molecular flexibility index (Phi) is 5.41. The van der Waals surface area contributed by atoms with E-state index >= 15 is 0 Å². The van der Waals surface area contributed by atoms with Crippen LogP contribution in [0.2, 0.25) is 0 Å². The van der Waals surface area contributed by atoms with Gasteiger partial charge in [-0.05, 0) is 45.2 Å². The maximum Gasteiger partial charge on any atom is 0.323 e. The van der Waals surface area contributed by atoms with Gasteiger partial charge in [0, 0.05) is 13.1 Å². The Morgan fingerprint density at radius 2 is 2.00 bits per heavy atom. The predicted molar refractivity (Wildman–Crippen MR) is 77.9 cm³/mol. The summed E-state index contributed by atoms with van der Waals surface area (Å²) in [6.45, 7) is 7.63. The molecule has 2 rings (SSSR count). The number of rotatable bonds is 8. The molecule has 0 aromatic carbocycles. The van der Waals surface area contributed by atoms with Gasteiger partial charge >= 0.3 is 5.97 Å². The summed E-state index contributed by atoms with van der Waals surface area (Å²) in [4.78, 5) is 14.0. The molecule has 2 aliphatic rings. The van der Waals surface area contributed by atoms with Crippen molar-refractivity contribution in [2.75, 3.05) is 26.2 Å². The van der Waals surface area contributed by atoms with Crippen molar-refractivity contribution in [1.29, 1.82) is 0 Å². The Balaban J connectivity index is 1.79. The topological polar surface area (TPSA) is 61.8 Å². The van der Waals surface area contributed by atoms with E-state index in [0.29, 0.717) is 31.6 Å². The standard InChI is InChI=1S/C15H28N2O3/c1-3-15(14(18)19,16-4-2)8-5-9-17-10-12-6-7-13(11-17)20-12/h12-13,16H,3-11H2,1-2H3,(H,18,19). The lowest BCUT2D eigenvalue weighted by atomic mass is 9.90. The number of aliphatic carboxylic acids is 1. The zero-order chi connectivity index (χ0) is 14.6. The first kappa shape index (κ1) is 15.7. The van der Waals surface area contributed by atoms with Crippen LogP contribution in [-0.2, 0) is 9.53 Å². The van der Waals surface area contributed by atoms with Crippen molar-refractivity contribution in [2.45, 2.75) is 63.7 Å². The predicted octanol–water partition coefficient (Wildman–Crippen LogP) is 1.47. The van der Waals surface area contributed by atoms with Crippen LogP contribution in [0.5, 0.6) is 0 Å². The number of likely N-dealkylation sites (N-methyl/N-ethyl adjacent to an activating group) is 1. The number of fused-ring (bicyclic) bond motifs is 2. The number of nitrogens with zero attached hydrogens (tertiary/aromatic N) is 1. The first-order valence-corrected chi connectivity index (χ1v) is 7.96. The van der Waals surface area contributed by atoms with Gasteiger partial charge in [0.2, 0.25) is 0 Å². The summed E-state index contributed by atoms with van der Waals surface area (Å²) < 4.78 is 5.82. The fraction of sp³-hybridized carbons (Fsp3) is 0.933. The summed E-state index contributed by atoms with van der Waals surface area (Å²) >= 11 is 0. The van der Waals surface area contributed by atoms with Gasteiger partial charge < -0.3 is 15.2 Å². The van der Waals surface area contributed by atoms with Crippen molar-refractivity contribution in [3.05, 3.63) is 0 Å². The highest BCUT2D eigenvalue weighted by Gasteiger charge is 2.36. The number of nitrogens with one attached hydrogen (secondary N) is 1. The highest BCUT2D eigenvalue weighted by Crippen LogP contribution is 2.27. The molecule has 0 aromatic rings. The highest BCUT2D eigenvalue weighted by atomic mass is 16.5. The Morgan fingerprint density at radius 3 is 2.50 bits per heavy atom. The number of carboxylic acids is 1. The van der Waals surface area contributed by atoms with E-state index in [1.54, 1.807) is 0 Å². The molecule has 0 aliphatic carbocycles. The molecule has 3 atom stereocenters. The lowest BCUT2D eigenvalue weighted by molar-refractivity contribution is -0.145. The molecule has 3 unspecified atom stereocenters. The number of hydrogen-bond acceptors (Lipinski definition) is 4. The first-order valence-electron chi connectivity index (χ1n) is 7.96. The van der Waals surface area contributed by atoms with Crippen molar-refractivity contribution >= 4 is 5.97 Å². The number of ether oxygens (including phenoxy) is 1. The third kappa shape index (κ3) is 3.51.